The Balaban J connectivity index is 1.60. The topological polar surface area (TPSA) is 113 Å². The Labute approximate surface area is 220 Å². The number of hydrogen-bond donors (Lipinski definition) is 2. The molecule has 1 amide bonds. The number of nitrogens with zero attached hydrogens (tertiary/aromatic N) is 5. The van der Waals surface area contributed by atoms with Gasteiger partial charge in [0.25, 0.3) is 5.91 Å². The fourth-order valence-corrected chi connectivity index (χ4v) is 4.29. The molecule has 14 heteroatoms. The van der Waals surface area contributed by atoms with Crippen molar-refractivity contribution >= 4 is 46.3 Å². The predicted octanol–water partition coefficient (Wildman–Crippen LogP) is 4.99. The van der Waals surface area contributed by atoms with Gasteiger partial charge in [0.2, 0.25) is 0 Å². The van der Waals surface area contributed by atoms with Gasteiger partial charge in [-0.25, -0.2) is 19.9 Å². The number of hydrogen-bond acceptors (Lipinski definition) is 9. The lowest BCUT2D eigenvalue weighted by molar-refractivity contribution is -0.137. The van der Waals surface area contributed by atoms with Crippen LogP contribution < -0.4 is 10.6 Å². The maximum absolute atomic E-state index is 13.1. The summed E-state index contributed by atoms with van der Waals surface area (Å²) in [5, 5.41) is 5.44. The molecule has 0 saturated heterocycles. The largest absolute Gasteiger partial charge is 0.418 e. The number of ketones is 1. The first-order chi connectivity index (χ1) is 17.4. The highest BCUT2D eigenvalue weighted by molar-refractivity contribution is 7.13. The van der Waals surface area contributed by atoms with E-state index in [0.29, 0.717) is 23.4 Å². The molecule has 0 aliphatic rings. The third-order valence-electron chi connectivity index (χ3n) is 5.10. The van der Waals surface area contributed by atoms with Gasteiger partial charge in [0.05, 0.1) is 21.8 Å². The lowest BCUT2D eigenvalue weighted by atomic mass is 10.0. The molecule has 2 N–H and O–H groups in total. The molecule has 37 heavy (non-hydrogen) atoms. The SMILES string of the molecule is CC(CC(=O)c1cc(NCCCN(C)C)ncn1)c1ncc(C(=O)Nc2cc(C(F)(F)F)c(Cl)cn2)s1. The minimum absolute atomic E-state index is 0.0966. The molecule has 3 aromatic heterocycles. The van der Waals surface area contributed by atoms with Crippen LogP contribution in [0.15, 0.2) is 30.9 Å². The highest BCUT2D eigenvalue weighted by atomic mass is 35.5. The summed E-state index contributed by atoms with van der Waals surface area (Å²) in [4.78, 5) is 43.7. The second-order valence-electron chi connectivity index (χ2n) is 8.46. The van der Waals surface area contributed by atoms with Crippen LogP contribution in [0.5, 0.6) is 0 Å². The number of pyridine rings is 1. The molecule has 0 radical (unpaired) electrons. The summed E-state index contributed by atoms with van der Waals surface area (Å²) in [7, 11) is 3.98. The number of carbonyl (C=O) groups excluding carboxylic acids is 2. The van der Waals surface area contributed by atoms with Crippen LogP contribution in [0.1, 0.15) is 56.4 Å². The fourth-order valence-electron chi connectivity index (χ4n) is 3.21. The number of carbonyl (C=O) groups is 2. The van der Waals surface area contributed by atoms with Gasteiger partial charge in [-0.15, -0.1) is 11.3 Å². The Morgan fingerprint density at radius 2 is 1.86 bits per heavy atom. The maximum Gasteiger partial charge on any atom is 0.418 e. The van der Waals surface area contributed by atoms with E-state index in [2.05, 4.69) is 35.5 Å². The number of nitrogens with one attached hydrogen (secondary N) is 2. The molecule has 1 atom stereocenters. The minimum Gasteiger partial charge on any atom is -0.370 e. The Morgan fingerprint density at radius 3 is 2.57 bits per heavy atom. The number of amides is 1. The highest BCUT2D eigenvalue weighted by Gasteiger charge is 2.34. The zero-order chi connectivity index (χ0) is 27.2. The number of anilines is 2. The van der Waals surface area contributed by atoms with E-state index in [1.807, 2.05) is 14.1 Å². The normalized spacial score (nSPS) is 12.4. The van der Waals surface area contributed by atoms with Gasteiger partial charge in [-0.2, -0.15) is 13.2 Å². The third kappa shape index (κ3) is 8.17. The van der Waals surface area contributed by atoms with E-state index in [1.165, 1.54) is 12.5 Å². The van der Waals surface area contributed by atoms with E-state index >= 15 is 0 Å². The maximum atomic E-state index is 13.1. The summed E-state index contributed by atoms with van der Waals surface area (Å²) in [5.41, 5.74) is -0.839. The van der Waals surface area contributed by atoms with Crippen LogP contribution in [0.3, 0.4) is 0 Å². The van der Waals surface area contributed by atoms with E-state index in [0.717, 1.165) is 30.5 Å². The van der Waals surface area contributed by atoms with E-state index in [4.69, 9.17) is 11.6 Å². The Bertz CT molecular complexity index is 1250. The Hall–Kier alpha value is -3.16. The summed E-state index contributed by atoms with van der Waals surface area (Å²) >= 11 is 6.60. The standard InChI is InChI=1S/C23H25ClF3N7O2S/c1-13(7-17(35)16-9-19(32-12-31-16)28-5-4-6-34(2)3)22-30-11-18(37-22)21(36)33-20-8-14(23(25,26)27)15(24)10-29-20/h8-13H,4-7H2,1-3H3,(H,28,31,32)(H,29,33,36). The molecular formula is C23H25ClF3N7O2S. The number of rotatable bonds is 11. The van der Waals surface area contributed by atoms with Crippen LogP contribution in [-0.4, -0.2) is 63.7 Å². The molecular weight excluding hydrogens is 531 g/mol. The van der Waals surface area contributed by atoms with Gasteiger partial charge >= 0.3 is 6.18 Å². The molecule has 0 fully saturated rings. The summed E-state index contributed by atoms with van der Waals surface area (Å²) < 4.78 is 39.2. The summed E-state index contributed by atoms with van der Waals surface area (Å²) in [6, 6.07) is 2.26. The second kappa shape index (κ2) is 12.4. The molecule has 0 bridgehead atoms. The fraction of sp³-hybridized carbons (Fsp3) is 0.391. The molecule has 3 rings (SSSR count). The number of aromatic nitrogens is 4. The average Bonchev–Trinajstić information content (AvgIpc) is 3.33. The first kappa shape index (κ1) is 28.4. The molecule has 3 heterocycles. The molecule has 0 aromatic carbocycles. The Kier molecular flexibility index (Phi) is 9.51. The first-order valence-electron chi connectivity index (χ1n) is 11.2. The van der Waals surface area contributed by atoms with Crippen LogP contribution in [0.2, 0.25) is 5.02 Å². The van der Waals surface area contributed by atoms with E-state index in [1.54, 1.807) is 13.0 Å². The third-order valence-corrected chi connectivity index (χ3v) is 6.63. The first-order valence-corrected chi connectivity index (χ1v) is 12.4. The van der Waals surface area contributed by atoms with Gasteiger partial charge in [-0.05, 0) is 33.1 Å². The van der Waals surface area contributed by atoms with Crippen LogP contribution in [-0.2, 0) is 6.18 Å². The molecule has 0 saturated carbocycles. The monoisotopic (exact) mass is 555 g/mol. The molecule has 0 aliphatic carbocycles. The van der Waals surface area contributed by atoms with Crippen molar-refractivity contribution in [2.24, 2.45) is 0 Å². The van der Waals surface area contributed by atoms with Crippen molar-refractivity contribution in [1.29, 1.82) is 0 Å². The van der Waals surface area contributed by atoms with Crippen LogP contribution in [0.4, 0.5) is 24.8 Å². The summed E-state index contributed by atoms with van der Waals surface area (Å²) in [5.74, 6) is -0.947. The van der Waals surface area contributed by atoms with Gasteiger partial charge in [0.1, 0.15) is 28.5 Å². The summed E-state index contributed by atoms with van der Waals surface area (Å²) in [6.07, 6.45) is -0.228. The van der Waals surface area contributed by atoms with Crippen molar-refractivity contribution in [3.63, 3.8) is 0 Å². The van der Waals surface area contributed by atoms with Gasteiger partial charge < -0.3 is 15.5 Å². The van der Waals surface area contributed by atoms with E-state index in [-0.39, 0.29) is 34.5 Å². The molecule has 0 spiro atoms. The lowest BCUT2D eigenvalue weighted by Gasteiger charge is -2.11. The molecule has 3 aromatic rings. The predicted molar refractivity (Wildman–Crippen MR) is 135 cm³/mol. The van der Waals surface area contributed by atoms with Gasteiger partial charge in [-0.1, -0.05) is 18.5 Å². The average molecular weight is 556 g/mol. The van der Waals surface area contributed by atoms with Gasteiger partial charge in [0.15, 0.2) is 5.78 Å². The number of thiazole rings is 1. The molecule has 9 nitrogen and oxygen atoms in total. The van der Waals surface area contributed by atoms with Crippen LogP contribution >= 0.6 is 22.9 Å². The lowest BCUT2D eigenvalue weighted by Crippen LogP contribution is -2.17. The van der Waals surface area contributed by atoms with Crippen LogP contribution in [0, 0.1) is 0 Å². The smallest absolute Gasteiger partial charge is 0.370 e. The zero-order valence-electron chi connectivity index (χ0n) is 20.3. The zero-order valence-corrected chi connectivity index (χ0v) is 21.8. The van der Waals surface area contributed by atoms with Gasteiger partial charge in [-0.3, -0.25) is 9.59 Å². The van der Waals surface area contributed by atoms with Crippen molar-refractivity contribution < 1.29 is 22.8 Å². The van der Waals surface area contributed by atoms with Crippen molar-refractivity contribution in [2.45, 2.75) is 31.9 Å². The highest BCUT2D eigenvalue weighted by Crippen LogP contribution is 2.35. The van der Waals surface area contributed by atoms with E-state index in [9.17, 15) is 22.8 Å². The Morgan fingerprint density at radius 1 is 1.11 bits per heavy atom. The van der Waals surface area contributed by atoms with Crippen molar-refractivity contribution in [3.8, 4) is 0 Å². The molecule has 198 valence electrons. The minimum atomic E-state index is -4.69. The van der Waals surface area contributed by atoms with E-state index < -0.39 is 22.7 Å². The van der Waals surface area contributed by atoms with Crippen LogP contribution in [0.25, 0.3) is 0 Å². The molecule has 0 aliphatic heterocycles. The molecule has 1 unspecified atom stereocenters. The van der Waals surface area contributed by atoms with Crippen molar-refractivity contribution in [2.75, 3.05) is 37.8 Å². The number of alkyl halides is 3. The van der Waals surface area contributed by atoms with Crippen molar-refractivity contribution in [3.05, 3.63) is 57.0 Å². The van der Waals surface area contributed by atoms with Gasteiger partial charge in [0, 0.05) is 31.1 Å². The van der Waals surface area contributed by atoms with Crippen molar-refractivity contribution in [1.82, 2.24) is 24.8 Å². The number of halogens is 4. The second-order valence-corrected chi connectivity index (χ2v) is 9.93. The summed E-state index contributed by atoms with van der Waals surface area (Å²) in [6.45, 7) is 3.41. The quantitative estimate of drug-likeness (QED) is 0.251. The number of Topliss-reactive ketones (excluding diaryl/α,β-unsaturated/α-hetero) is 1.